The molecular formula is C17H34N2. The largest absolute Gasteiger partial charge is 0.309 e. The summed E-state index contributed by atoms with van der Waals surface area (Å²) in [6, 6.07) is 1.59. The van der Waals surface area contributed by atoms with Gasteiger partial charge >= 0.3 is 0 Å². The fourth-order valence-electron chi connectivity index (χ4n) is 3.93. The summed E-state index contributed by atoms with van der Waals surface area (Å²) in [5, 5.41) is 3.79. The molecule has 0 amide bonds. The zero-order valence-electron chi connectivity index (χ0n) is 13.7. The van der Waals surface area contributed by atoms with Gasteiger partial charge in [-0.15, -0.1) is 0 Å². The summed E-state index contributed by atoms with van der Waals surface area (Å²) < 4.78 is 0. The first-order chi connectivity index (χ1) is 8.99. The Morgan fingerprint density at radius 1 is 1.16 bits per heavy atom. The predicted octanol–water partition coefficient (Wildman–Crippen LogP) is 3.66. The van der Waals surface area contributed by atoms with Crippen LogP contribution in [0.1, 0.15) is 66.7 Å². The number of nitrogens with one attached hydrogen (secondary N) is 1. The summed E-state index contributed by atoms with van der Waals surface area (Å²) in [5.41, 5.74) is 0.331. The van der Waals surface area contributed by atoms with E-state index in [4.69, 9.17) is 0 Å². The zero-order chi connectivity index (χ0) is 14.0. The second-order valence-corrected chi connectivity index (χ2v) is 7.45. The Morgan fingerprint density at radius 3 is 2.47 bits per heavy atom. The van der Waals surface area contributed by atoms with Gasteiger partial charge in [-0.25, -0.2) is 0 Å². The molecule has 2 fully saturated rings. The van der Waals surface area contributed by atoms with Gasteiger partial charge in [0.15, 0.2) is 0 Å². The van der Waals surface area contributed by atoms with E-state index >= 15 is 0 Å². The third-order valence-corrected chi connectivity index (χ3v) is 6.06. The van der Waals surface area contributed by atoms with Crippen molar-refractivity contribution in [1.82, 2.24) is 10.2 Å². The van der Waals surface area contributed by atoms with E-state index in [9.17, 15) is 0 Å². The summed E-state index contributed by atoms with van der Waals surface area (Å²) in [4.78, 5) is 2.86. The van der Waals surface area contributed by atoms with Crippen molar-refractivity contribution in [2.45, 2.75) is 84.3 Å². The van der Waals surface area contributed by atoms with Gasteiger partial charge in [0.05, 0.1) is 0 Å². The maximum absolute atomic E-state index is 3.79. The molecule has 5 atom stereocenters. The highest BCUT2D eigenvalue weighted by Crippen LogP contribution is 2.35. The highest BCUT2D eigenvalue weighted by atomic mass is 15.3. The Hall–Kier alpha value is -0.0800. The summed E-state index contributed by atoms with van der Waals surface area (Å²) in [7, 11) is 0. The quantitative estimate of drug-likeness (QED) is 0.838. The van der Waals surface area contributed by atoms with E-state index in [1.165, 1.54) is 45.2 Å². The Labute approximate surface area is 120 Å². The molecule has 1 N–H and O–H groups in total. The fourth-order valence-corrected chi connectivity index (χ4v) is 3.93. The molecule has 1 saturated heterocycles. The monoisotopic (exact) mass is 266 g/mol. The maximum Gasteiger partial charge on any atom is 0.0278 e. The minimum Gasteiger partial charge on any atom is -0.309 e. The maximum atomic E-state index is 3.79. The number of hydrogen-bond acceptors (Lipinski definition) is 2. The smallest absolute Gasteiger partial charge is 0.0278 e. The van der Waals surface area contributed by atoms with Gasteiger partial charge in [0.1, 0.15) is 0 Å². The molecule has 2 heteroatoms. The van der Waals surface area contributed by atoms with Crippen LogP contribution in [0.3, 0.4) is 0 Å². The molecular weight excluding hydrogens is 232 g/mol. The van der Waals surface area contributed by atoms with Crippen LogP contribution in [0.2, 0.25) is 0 Å². The standard InChI is InChI=1S/C17H34N2/c1-6-15-11-18-17(5,7-2)12-19(15)16-9-8-13(3)14(4)10-16/h13-16,18H,6-12H2,1-5H3. The SMILES string of the molecule is CCC1CNC(C)(CC)CN1C1CCC(C)C(C)C1. The van der Waals surface area contributed by atoms with Crippen LogP contribution in [0, 0.1) is 11.8 Å². The first-order valence-corrected chi connectivity index (χ1v) is 8.50. The number of nitrogens with zero attached hydrogens (tertiary/aromatic N) is 1. The molecule has 1 heterocycles. The molecule has 2 nitrogen and oxygen atoms in total. The molecule has 1 aliphatic heterocycles. The lowest BCUT2D eigenvalue weighted by atomic mass is 9.77. The Balaban J connectivity index is 2.06. The molecule has 1 aliphatic carbocycles. The lowest BCUT2D eigenvalue weighted by Gasteiger charge is -2.51. The van der Waals surface area contributed by atoms with Gasteiger partial charge in [0.2, 0.25) is 0 Å². The average molecular weight is 266 g/mol. The van der Waals surface area contributed by atoms with Crippen molar-refractivity contribution in [3.05, 3.63) is 0 Å². The van der Waals surface area contributed by atoms with E-state index in [-0.39, 0.29) is 0 Å². The normalized spacial score (nSPS) is 45.3. The Morgan fingerprint density at radius 2 is 1.89 bits per heavy atom. The number of hydrogen-bond donors (Lipinski definition) is 1. The molecule has 0 aromatic carbocycles. The Bertz CT molecular complexity index is 291. The average Bonchev–Trinajstić information content (AvgIpc) is 2.42. The topological polar surface area (TPSA) is 15.3 Å². The van der Waals surface area contributed by atoms with Crippen LogP contribution in [-0.2, 0) is 0 Å². The van der Waals surface area contributed by atoms with Crippen molar-refractivity contribution in [3.63, 3.8) is 0 Å². The highest BCUT2D eigenvalue weighted by Gasteiger charge is 2.39. The second kappa shape index (κ2) is 6.13. The lowest BCUT2D eigenvalue weighted by molar-refractivity contribution is 0.0129. The van der Waals surface area contributed by atoms with Gasteiger partial charge in [-0.05, 0) is 50.9 Å². The van der Waals surface area contributed by atoms with Crippen molar-refractivity contribution in [2.75, 3.05) is 13.1 Å². The van der Waals surface area contributed by atoms with Gasteiger partial charge < -0.3 is 5.32 Å². The number of rotatable bonds is 3. The van der Waals surface area contributed by atoms with Crippen LogP contribution in [0.15, 0.2) is 0 Å². The summed E-state index contributed by atoms with van der Waals surface area (Å²) >= 11 is 0. The lowest BCUT2D eigenvalue weighted by Crippen LogP contribution is -2.65. The molecule has 5 unspecified atom stereocenters. The first kappa shape index (κ1) is 15.3. The van der Waals surface area contributed by atoms with E-state index in [1.54, 1.807) is 0 Å². The van der Waals surface area contributed by atoms with Gasteiger partial charge in [-0.3, -0.25) is 4.90 Å². The first-order valence-electron chi connectivity index (χ1n) is 8.50. The van der Waals surface area contributed by atoms with E-state index < -0.39 is 0 Å². The highest BCUT2D eigenvalue weighted by molar-refractivity contribution is 4.97. The van der Waals surface area contributed by atoms with Crippen LogP contribution in [0.4, 0.5) is 0 Å². The van der Waals surface area contributed by atoms with Crippen LogP contribution >= 0.6 is 0 Å². The molecule has 0 aromatic rings. The third kappa shape index (κ3) is 3.33. The van der Waals surface area contributed by atoms with Crippen molar-refractivity contribution in [1.29, 1.82) is 0 Å². The van der Waals surface area contributed by atoms with Crippen LogP contribution in [0.5, 0.6) is 0 Å². The summed E-state index contributed by atoms with van der Waals surface area (Å²) in [6.45, 7) is 14.4. The number of piperazine rings is 1. The summed E-state index contributed by atoms with van der Waals surface area (Å²) in [5.74, 6) is 1.83. The van der Waals surface area contributed by atoms with E-state index in [2.05, 4.69) is 44.8 Å². The molecule has 2 aliphatic rings. The fraction of sp³-hybridized carbons (Fsp3) is 1.00. The second-order valence-electron chi connectivity index (χ2n) is 7.45. The van der Waals surface area contributed by atoms with Gasteiger partial charge in [0.25, 0.3) is 0 Å². The van der Waals surface area contributed by atoms with Crippen LogP contribution in [-0.4, -0.2) is 35.6 Å². The van der Waals surface area contributed by atoms with Gasteiger partial charge in [0, 0.05) is 30.7 Å². The zero-order valence-corrected chi connectivity index (χ0v) is 13.7. The van der Waals surface area contributed by atoms with E-state index in [0.717, 1.165) is 23.9 Å². The van der Waals surface area contributed by atoms with Crippen molar-refractivity contribution < 1.29 is 0 Å². The molecule has 1 saturated carbocycles. The van der Waals surface area contributed by atoms with Crippen LogP contribution < -0.4 is 5.32 Å². The van der Waals surface area contributed by atoms with Gasteiger partial charge in [-0.2, -0.15) is 0 Å². The van der Waals surface area contributed by atoms with E-state index in [0.29, 0.717) is 5.54 Å². The van der Waals surface area contributed by atoms with E-state index in [1.807, 2.05) is 0 Å². The molecule has 19 heavy (non-hydrogen) atoms. The molecule has 112 valence electrons. The molecule has 0 spiro atoms. The predicted molar refractivity (Wildman–Crippen MR) is 83.5 cm³/mol. The minimum absolute atomic E-state index is 0.331. The van der Waals surface area contributed by atoms with Crippen molar-refractivity contribution in [3.8, 4) is 0 Å². The van der Waals surface area contributed by atoms with Crippen molar-refractivity contribution >= 4 is 0 Å². The van der Waals surface area contributed by atoms with Crippen molar-refractivity contribution in [2.24, 2.45) is 11.8 Å². The minimum atomic E-state index is 0.331. The summed E-state index contributed by atoms with van der Waals surface area (Å²) in [6.07, 6.45) is 6.78. The van der Waals surface area contributed by atoms with Gasteiger partial charge in [-0.1, -0.05) is 27.7 Å². The molecule has 0 radical (unpaired) electrons. The van der Waals surface area contributed by atoms with Crippen LogP contribution in [0.25, 0.3) is 0 Å². The third-order valence-electron chi connectivity index (χ3n) is 6.06. The molecule has 0 bridgehead atoms. The Kier molecular flexibility index (Phi) is 4.94. The molecule has 2 rings (SSSR count). The molecule has 0 aromatic heterocycles.